The molecule has 1 fully saturated rings. The van der Waals surface area contributed by atoms with Gasteiger partial charge in [0.05, 0.1) is 12.7 Å². The molecule has 21 heavy (non-hydrogen) atoms. The smallest absolute Gasteiger partial charge is 0.320 e. The van der Waals surface area contributed by atoms with Crippen molar-refractivity contribution >= 4 is 11.8 Å². The van der Waals surface area contributed by atoms with Gasteiger partial charge in [-0.3, -0.25) is 10.2 Å². The molecule has 0 radical (unpaired) electrons. The van der Waals surface area contributed by atoms with Crippen molar-refractivity contribution in [2.45, 2.75) is 20.0 Å². The zero-order chi connectivity index (χ0) is 15.1. The van der Waals surface area contributed by atoms with Crippen LogP contribution in [-0.2, 0) is 4.74 Å². The number of rotatable bonds is 5. The third-order valence-electron chi connectivity index (χ3n) is 3.16. The normalized spacial score (nSPS) is 19.5. The predicted molar refractivity (Wildman–Crippen MR) is 80.1 cm³/mol. The molecule has 0 aromatic carbocycles. The molecule has 1 atom stereocenters. The molecule has 1 aliphatic heterocycles. The van der Waals surface area contributed by atoms with Gasteiger partial charge in [0, 0.05) is 32.4 Å². The second-order valence-electron chi connectivity index (χ2n) is 5.58. The summed E-state index contributed by atoms with van der Waals surface area (Å²) in [6.45, 7) is 8.49. The molecule has 1 aromatic heterocycles. The van der Waals surface area contributed by atoms with Gasteiger partial charge < -0.3 is 10.1 Å². The highest BCUT2D eigenvalue weighted by Gasteiger charge is 2.21. The van der Waals surface area contributed by atoms with Crippen LogP contribution in [0.5, 0.6) is 0 Å². The van der Waals surface area contributed by atoms with Crippen LogP contribution in [0.15, 0.2) is 18.6 Å². The minimum atomic E-state index is -0.279. The monoisotopic (exact) mass is 293 g/mol. The minimum Gasteiger partial charge on any atom is -0.374 e. The van der Waals surface area contributed by atoms with Gasteiger partial charge >= 0.3 is 6.03 Å². The number of nitrogens with one attached hydrogen (secondary N) is 2. The second kappa shape index (κ2) is 7.90. The summed E-state index contributed by atoms with van der Waals surface area (Å²) in [6.07, 6.45) is 3.01. The molecule has 0 saturated carbocycles. The Hall–Kier alpha value is -1.73. The lowest BCUT2D eigenvalue weighted by molar-refractivity contribution is -0.0288. The Morgan fingerprint density at radius 2 is 2.43 bits per heavy atom. The Labute approximate surface area is 125 Å². The molecular weight excluding hydrogens is 270 g/mol. The Morgan fingerprint density at radius 3 is 3.14 bits per heavy atom. The predicted octanol–water partition coefficient (Wildman–Crippen LogP) is 0.955. The molecule has 2 rings (SSSR count). The van der Waals surface area contributed by atoms with Crippen molar-refractivity contribution in [3.63, 3.8) is 0 Å². The van der Waals surface area contributed by atoms with Crippen LogP contribution in [0.25, 0.3) is 0 Å². The van der Waals surface area contributed by atoms with E-state index in [2.05, 4.69) is 39.3 Å². The van der Waals surface area contributed by atoms with Crippen LogP contribution in [0.3, 0.4) is 0 Å². The highest BCUT2D eigenvalue weighted by Crippen LogP contribution is 2.07. The number of amides is 2. The first-order valence-corrected chi connectivity index (χ1v) is 7.28. The maximum atomic E-state index is 11.8. The number of hydrogen-bond donors (Lipinski definition) is 2. The van der Waals surface area contributed by atoms with Crippen LogP contribution in [0.2, 0.25) is 0 Å². The van der Waals surface area contributed by atoms with Crippen LogP contribution in [0.4, 0.5) is 10.6 Å². The Bertz CT molecular complexity index is 440. The molecule has 1 unspecified atom stereocenters. The molecule has 2 N–H and O–H groups in total. The van der Waals surface area contributed by atoms with Gasteiger partial charge in [-0.15, -0.1) is 0 Å². The largest absolute Gasteiger partial charge is 0.374 e. The third-order valence-corrected chi connectivity index (χ3v) is 3.16. The number of anilines is 1. The molecule has 7 nitrogen and oxygen atoms in total. The maximum absolute atomic E-state index is 11.8. The topological polar surface area (TPSA) is 79.4 Å². The Balaban J connectivity index is 1.71. The van der Waals surface area contributed by atoms with E-state index in [4.69, 9.17) is 4.74 Å². The third kappa shape index (κ3) is 5.65. The molecule has 0 bridgehead atoms. The van der Waals surface area contributed by atoms with Gasteiger partial charge in [0.15, 0.2) is 0 Å². The molecule has 116 valence electrons. The van der Waals surface area contributed by atoms with Crippen molar-refractivity contribution in [3.05, 3.63) is 18.6 Å². The zero-order valence-corrected chi connectivity index (χ0v) is 12.6. The van der Waals surface area contributed by atoms with E-state index in [1.54, 1.807) is 12.3 Å². The van der Waals surface area contributed by atoms with Crippen molar-refractivity contribution in [2.24, 2.45) is 5.92 Å². The van der Waals surface area contributed by atoms with Crippen molar-refractivity contribution in [1.82, 2.24) is 20.2 Å². The van der Waals surface area contributed by atoms with E-state index in [1.807, 2.05) is 0 Å². The van der Waals surface area contributed by atoms with Crippen molar-refractivity contribution < 1.29 is 9.53 Å². The highest BCUT2D eigenvalue weighted by molar-refractivity contribution is 5.88. The fraction of sp³-hybridized carbons (Fsp3) is 0.643. The summed E-state index contributed by atoms with van der Waals surface area (Å²) in [5.74, 6) is 1.12. The van der Waals surface area contributed by atoms with Crippen LogP contribution in [-0.4, -0.2) is 59.8 Å². The van der Waals surface area contributed by atoms with E-state index in [1.165, 1.54) is 6.33 Å². The van der Waals surface area contributed by atoms with Gasteiger partial charge in [-0.05, 0) is 12.0 Å². The number of carbonyl (C=O) groups excluding carboxylic acids is 1. The lowest BCUT2D eigenvalue weighted by atomic mass is 10.2. The molecule has 0 aliphatic carbocycles. The minimum absolute atomic E-state index is 0.0358. The summed E-state index contributed by atoms with van der Waals surface area (Å²) >= 11 is 0. The number of carbonyl (C=O) groups is 1. The molecule has 2 amide bonds. The van der Waals surface area contributed by atoms with Gasteiger partial charge in [0.2, 0.25) is 0 Å². The first-order valence-electron chi connectivity index (χ1n) is 7.28. The number of nitrogens with zero attached hydrogens (tertiary/aromatic N) is 3. The van der Waals surface area contributed by atoms with E-state index in [-0.39, 0.29) is 12.1 Å². The Morgan fingerprint density at radius 1 is 1.57 bits per heavy atom. The molecular formula is C14H23N5O2. The fourth-order valence-corrected chi connectivity index (χ4v) is 2.32. The average Bonchev–Trinajstić information content (AvgIpc) is 2.46. The summed E-state index contributed by atoms with van der Waals surface area (Å²) in [6, 6.07) is 1.36. The number of aromatic nitrogens is 2. The summed E-state index contributed by atoms with van der Waals surface area (Å²) in [7, 11) is 0. The highest BCUT2D eigenvalue weighted by atomic mass is 16.5. The van der Waals surface area contributed by atoms with Crippen LogP contribution >= 0.6 is 0 Å². The van der Waals surface area contributed by atoms with E-state index in [0.717, 1.165) is 19.6 Å². The van der Waals surface area contributed by atoms with Crippen molar-refractivity contribution in [1.29, 1.82) is 0 Å². The van der Waals surface area contributed by atoms with E-state index in [9.17, 15) is 4.79 Å². The lowest BCUT2D eigenvalue weighted by Gasteiger charge is -2.33. The molecule has 7 heteroatoms. The van der Waals surface area contributed by atoms with Crippen LogP contribution < -0.4 is 10.6 Å². The average molecular weight is 293 g/mol. The number of hydrogen-bond acceptors (Lipinski definition) is 5. The van der Waals surface area contributed by atoms with Crippen LogP contribution in [0, 0.1) is 5.92 Å². The van der Waals surface area contributed by atoms with Crippen molar-refractivity contribution in [2.75, 3.05) is 38.1 Å². The molecule has 1 aliphatic rings. The number of morpholine rings is 1. The molecule has 1 saturated heterocycles. The standard InChI is InChI=1S/C14H23N5O2/c1-11(2)8-19-5-6-21-12(9-19)7-16-14(20)18-13-3-4-15-10-17-13/h3-4,10-12H,5-9H2,1-2H3,(H2,15,16,17,18,20). The zero-order valence-electron chi connectivity index (χ0n) is 12.6. The van der Waals surface area contributed by atoms with Gasteiger partial charge in [0.1, 0.15) is 12.1 Å². The number of ether oxygens (including phenoxy) is 1. The van der Waals surface area contributed by atoms with E-state index in [0.29, 0.717) is 24.9 Å². The summed E-state index contributed by atoms with van der Waals surface area (Å²) in [5, 5.41) is 5.47. The summed E-state index contributed by atoms with van der Waals surface area (Å²) in [5.41, 5.74) is 0. The Kier molecular flexibility index (Phi) is 5.89. The second-order valence-corrected chi connectivity index (χ2v) is 5.58. The summed E-state index contributed by atoms with van der Waals surface area (Å²) < 4.78 is 5.68. The molecule has 1 aromatic rings. The number of urea groups is 1. The molecule has 2 heterocycles. The van der Waals surface area contributed by atoms with Crippen molar-refractivity contribution in [3.8, 4) is 0 Å². The fourth-order valence-electron chi connectivity index (χ4n) is 2.32. The van der Waals surface area contributed by atoms with Gasteiger partial charge in [-0.25, -0.2) is 14.8 Å². The first kappa shape index (κ1) is 15.7. The first-order chi connectivity index (χ1) is 10.1. The lowest BCUT2D eigenvalue weighted by Crippen LogP contribution is -2.48. The molecule has 0 spiro atoms. The van der Waals surface area contributed by atoms with E-state index < -0.39 is 0 Å². The maximum Gasteiger partial charge on any atom is 0.320 e. The van der Waals surface area contributed by atoms with Crippen LogP contribution in [0.1, 0.15) is 13.8 Å². The van der Waals surface area contributed by atoms with Gasteiger partial charge in [-0.2, -0.15) is 0 Å². The quantitative estimate of drug-likeness (QED) is 0.845. The van der Waals surface area contributed by atoms with E-state index >= 15 is 0 Å². The summed E-state index contributed by atoms with van der Waals surface area (Å²) in [4.78, 5) is 21.9. The van der Waals surface area contributed by atoms with Gasteiger partial charge in [0.25, 0.3) is 0 Å². The van der Waals surface area contributed by atoms with Gasteiger partial charge in [-0.1, -0.05) is 13.8 Å². The SMILES string of the molecule is CC(C)CN1CCOC(CNC(=O)Nc2ccncn2)C1.